The Hall–Kier alpha value is -3.78. The molecule has 3 heterocycles. The number of aryl methyl sites for hydroxylation is 1. The fraction of sp³-hybridized carbons (Fsp3) is 0.382. The van der Waals surface area contributed by atoms with Gasteiger partial charge in [-0.25, -0.2) is 9.97 Å². The predicted octanol–water partition coefficient (Wildman–Crippen LogP) is 6.56. The summed E-state index contributed by atoms with van der Waals surface area (Å²) in [5, 5.41) is 5.40. The average Bonchev–Trinajstić information content (AvgIpc) is 3.73. The number of hydrogen-bond acceptors (Lipinski definition) is 7. The van der Waals surface area contributed by atoms with E-state index in [2.05, 4.69) is 43.8 Å². The molecule has 10 heteroatoms. The van der Waals surface area contributed by atoms with Crippen LogP contribution in [0, 0.1) is 18.8 Å². The minimum Gasteiger partial charge on any atom is -0.366 e. The van der Waals surface area contributed by atoms with Gasteiger partial charge in [-0.3, -0.25) is 9.69 Å². The number of likely N-dealkylation sites (N-methyl/N-ethyl adjacent to an activating group) is 1. The fourth-order valence-electron chi connectivity index (χ4n) is 5.46. The predicted molar refractivity (Wildman–Crippen MR) is 168 cm³/mol. The molecule has 0 radical (unpaired) electrons. The molecule has 6 rings (SSSR count). The minimum absolute atomic E-state index is 0.128. The Kier molecular flexibility index (Phi) is 8.72. The number of benzene rings is 2. The first-order valence-corrected chi connectivity index (χ1v) is 15.8. The second kappa shape index (κ2) is 12.7. The van der Waals surface area contributed by atoms with Crippen LogP contribution in [0.2, 0.25) is 0 Å². The number of nitrogens with one attached hydrogen (secondary N) is 1. The van der Waals surface area contributed by atoms with Crippen molar-refractivity contribution in [3.63, 3.8) is 0 Å². The maximum Gasteiger partial charge on any atom is 0.416 e. The number of halogens is 3. The second-order valence-corrected chi connectivity index (χ2v) is 12.4. The molecular formula is C34H34F3N5OS. The zero-order valence-electron chi connectivity index (χ0n) is 24.8. The summed E-state index contributed by atoms with van der Waals surface area (Å²) < 4.78 is 43.3. The maximum absolute atomic E-state index is 14.1. The number of carbonyl (C=O) groups is 1. The molecule has 0 unspecified atom stereocenters. The third-order valence-electron chi connectivity index (χ3n) is 8.31. The first-order chi connectivity index (χ1) is 21.2. The van der Waals surface area contributed by atoms with Crippen molar-refractivity contribution in [3.05, 3.63) is 87.0 Å². The molecule has 0 bridgehead atoms. The van der Waals surface area contributed by atoms with Gasteiger partial charge < -0.3 is 10.2 Å². The Balaban J connectivity index is 1.19. The van der Waals surface area contributed by atoms with Gasteiger partial charge in [0.1, 0.15) is 17.7 Å². The van der Waals surface area contributed by atoms with Crippen molar-refractivity contribution in [2.24, 2.45) is 0 Å². The first kappa shape index (κ1) is 30.3. The largest absolute Gasteiger partial charge is 0.416 e. The standard InChI is InChI=1S/C34H34F3N5OS/c1-3-41-12-14-42(15-13-41)19-26-7-5-23(16-29(26)34(35,36)37)17-30(43)25-6-4-22(2)24(18-25)8-9-27-20-44-32-31(27)38-21-39-33(32)40-28-10-11-28/h4-7,16,18,20-21,28H,3,10-15,17,19H2,1-2H3,(H,38,39,40). The van der Waals surface area contributed by atoms with Crippen LogP contribution >= 0.6 is 11.3 Å². The van der Waals surface area contributed by atoms with E-state index in [1.165, 1.54) is 6.07 Å². The molecule has 228 valence electrons. The van der Waals surface area contributed by atoms with Crippen LogP contribution in [-0.2, 0) is 19.1 Å². The molecule has 1 saturated heterocycles. The van der Waals surface area contributed by atoms with Gasteiger partial charge in [0.15, 0.2) is 5.78 Å². The normalized spacial score (nSPS) is 16.1. The van der Waals surface area contributed by atoms with Crippen LogP contribution in [-0.4, -0.2) is 64.3 Å². The molecule has 44 heavy (non-hydrogen) atoms. The zero-order valence-corrected chi connectivity index (χ0v) is 25.6. The number of nitrogens with zero attached hydrogens (tertiary/aromatic N) is 4. The van der Waals surface area contributed by atoms with E-state index in [-0.39, 0.29) is 24.3 Å². The first-order valence-electron chi connectivity index (χ1n) is 15.0. The fourth-order valence-corrected chi connectivity index (χ4v) is 6.36. The van der Waals surface area contributed by atoms with Crippen molar-refractivity contribution in [2.45, 2.75) is 51.9 Å². The molecule has 0 amide bonds. The Morgan fingerprint density at radius 3 is 2.50 bits per heavy atom. The molecule has 1 aliphatic heterocycles. The quantitative estimate of drug-likeness (QED) is 0.179. The van der Waals surface area contributed by atoms with Gasteiger partial charge in [-0.1, -0.05) is 43.0 Å². The van der Waals surface area contributed by atoms with E-state index in [0.29, 0.717) is 22.7 Å². The SMILES string of the molecule is CCN1CCN(Cc2ccc(CC(=O)c3ccc(C)c(C#Cc4csc5c(NC6CC6)ncnc45)c3)cc2C(F)(F)F)CC1. The van der Waals surface area contributed by atoms with Crippen LogP contribution in [0.3, 0.4) is 0 Å². The van der Waals surface area contributed by atoms with E-state index < -0.39 is 11.7 Å². The van der Waals surface area contributed by atoms with Crippen molar-refractivity contribution in [1.29, 1.82) is 0 Å². The van der Waals surface area contributed by atoms with Crippen molar-refractivity contribution in [1.82, 2.24) is 19.8 Å². The maximum atomic E-state index is 14.1. The summed E-state index contributed by atoms with van der Waals surface area (Å²) >= 11 is 1.54. The Morgan fingerprint density at radius 1 is 1.02 bits per heavy atom. The molecule has 2 aliphatic rings. The highest BCUT2D eigenvalue weighted by atomic mass is 32.1. The molecule has 2 fully saturated rings. The highest BCUT2D eigenvalue weighted by Gasteiger charge is 2.34. The van der Waals surface area contributed by atoms with Gasteiger partial charge in [-0.2, -0.15) is 13.2 Å². The number of aromatic nitrogens is 2. The number of piperazine rings is 1. The van der Waals surface area contributed by atoms with E-state index in [0.717, 1.165) is 78.8 Å². The lowest BCUT2D eigenvalue weighted by molar-refractivity contribution is -0.138. The van der Waals surface area contributed by atoms with Crippen molar-refractivity contribution in [3.8, 4) is 11.8 Å². The molecule has 0 atom stereocenters. The van der Waals surface area contributed by atoms with Crippen molar-refractivity contribution < 1.29 is 18.0 Å². The van der Waals surface area contributed by atoms with Gasteiger partial charge in [0.05, 0.1) is 15.8 Å². The Labute approximate surface area is 259 Å². The van der Waals surface area contributed by atoms with Gasteiger partial charge in [-0.05, 0) is 55.1 Å². The smallest absolute Gasteiger partial charge is 0.366 e. The van der Waals surface area contributed by atoms with Crippen LogP contribution < -0.4 is 5.32 Å². The molecule has 1 saturated carbocycles. The number of hydrogen-bond donors (Lipinski definition) is 1. The average molecular weight is 618 g/mol. The van der Waals surface area contributed by atoms with Crippen LogP contribution in [0.5, 0.6) is 0 Å². The summed E-state index contributed by atoms with van der Waals surface area (Å²) in [6.07, 6.45) is -0.803. The van der Waals surface area contributed by atoms with Gasteiger partial charge in [-0.15, -0.1) is 11.3 Å². The minimum atomic E-state index is -4.50. The highest BCUT2D eigenvalue weighted by molar-refractivity contribution is 7.18. The van der Waals surface area contributed by atoms with Crippen LogP contribution in [0.25, 0.3) is 10.2 Å². The number of ketones is 1. The highest BCUT2D eigenvalue weighted by Crippen LogP contribution is 2.34. The number of thiophene rings is 1. The van der Waals surface area contributed by atoms with E-state index >= 15 is 0 Å². The van der Waals surface area contributed by atoms with Crippen LogP contribution in [0.1, 0.15) is 63.5 Å². The molecule has 2 aromatic heterocycles. The topological polar surface area (TPSA) is 61.4 Å². The van der Waals surface area contributed by atoms with E-state index in [9.17, 15) is 18.0 Å². The van der Waals surface area contributed by atoms with E-state index in [4.69, 9.17) is 0 Å². The summed E-state index contributed by atoms with van der Waals surface area (Å²) in [7, 11) is 0. The summed E-state index contributed by atoms with van der Waals surface area (Å²) in [4.78, 5) is 26.5. The number of rotatable bonds is 8. The number of carbonyl (C=O) groups excluding carboxylic acids is 1. The molecule has 4 aromatic rings. The number of alkyl halides is 3. The summed E-state index contributed by atoms with van der Waals surface area (Å²) in [5.74, 6) is 6.97. The summed E-state index contributed by atoms with van der Waals surface area (Å²) in [6, 6.07) is 10.0. The zero-order chi connectivity index (χ0) is 30.8. The lowest BCUT2D eigenvalue weighted by Gasteiger charge is -2.34. The number of anilines is 1. The molecule has 0 spiro atoms. The molecular weight excluding hydrogens is 583 g/mol. The third kappa shape index (κ3) is 6.96. The number of Topliss-reactive ketones (excluding diaryl/α,β-unsaturated/α-hetero) is 1. The second-order valence-electron chi connectivity index (χ2n) is 11.5. The van der Waals surface area contributed by atoms with Gasteiger partial charge >= 0.3 is 6.18 Å². The van der Waals surface area contributed by atoms with Gasteiger partial charge in [0.2, 0.25) is 0 Å². The Bertz CT molecular complexity index is 1740. The molecule has 1 aliphatic carbocycles. The molecule has 1 N–H and O–H groups in total. The van der Waals surface area contributed by atoms with Crippen LogP contribution in [0.4, 0.5) is 19.0 Å². The lowest BCUT2D eigenvalue weighted by atomic mass is 9.96. The van der Waals surface area contributed by atoms with E-state index in [1.54, 1.807) is 35.9 Å². The monoisotopic (exact) mass is 617 g/mol. The third-order valence-corrected chi connectivity index (χ3v) is 9.29. The van der Waals surface area contributed by atoms with Gasteiger partial charge in [0.25, 0.3) is 0 Å². The van der Waals surface area contributed by atoms with Crippen LogP contribution in [0.15, 0.2) is 48.1 Å². The molecule has 2 aromatic carbocycles. The van der Waals surface area contributed by atoms with Crippen molar-refractivity contribution >= 4 is 33.2 Å². The van der Waals surface area contributed by atoms with E-state index in [1.807, 2.05) is 18.4 Å². The Morgan fingerprint density at radius 2 is 1.77 bits per heavy atom. The molecule has 6 nitrogen and oxygen atoms in total. The summed E-state index contributed by atoms with van der Waals surface area (Å²) in [5.41, 5.74) is 3.51. The summed E-state index contributed by atoms with van der Waals surface area (Å²) in [6.45, 7) is 8.37. The lowest BCUT2D eigenvalue weighted by Crippen LogP contribution is -2.45. The number of fused-ring (bicyclic) bond motifs is 1. The van der Waals surface area contributed by atoms with Crippen molar-refractivity contribution in [2.75, 3.05) is 38.0 Å². The van der Waals surface area contributed by atoms with Gasteiger partial charge in [0, 0.05) is 61.7 Å².